The summed E-state index contributed by atoms with van der Waals surface area (Å²) >= 11 is 3.48. The molecule has 2 aromatic rings. The quantitative estimate of drug-likeness (QED) is 0.843. The van der Waals surface area contributed by atoms with Gasteiger partial charge in [-0.1, -0.05) is 0 Å². The molecule has 0 spiro atoms. The third-order valence-corrected chi connectivity index (χ3v) is 5.44. The van der Waals surface area contributed by atoms with Crippen molar-refractivity contribution in [3.8, 4) is 0 Å². The molecule has 4 heterocycles. The van der Waals surface area contributed by atoms with Gasteiger partial charge in [-0.05, 0) is 41.6 Å². The number of halogens is 1. The minimum atomic E-state index is 0.249. The number of rotatable bonds is 1. The predicted molar refractivity (Wildman–Crippen MR) is 86.4 cm³/mol. The number of anilines is 1. The molecule has 6 nitrogen and oxygen atoms in total. The normalized spacial score (nSPS) is 25.5. The molecule has 7 heteroatoms. The lowest BCUT2D eigenvalue weighted by atomic mass is 9.87. The van der Waals surface area contributed by atoms with Crippen LogP contribution in [0.3, 0.4) is 0 Å². The lowest BCUT2D eigenvalue weighted by Gasteiger charge is -2.42. The van der Waals surface area contributed by atoms with Gasteiger partial charge in [-0.15, -0.1) is 0 Å². The van der Waals surface area contributed by atoms with Gasteiger partial charge in [0.05, 0.1) is 0 Å². The number of nitrogen functional groups attached to an aromatic ring is 1. The van der Waals surface area contributed by atoms with Crippen molar-refractivity contribution >= 4 is 33.2 Å². The minimum Gasteiger partial charge on any atom is -0.382 e. The number of aromatic nitrogens is 3. The maximum atomic E-state index is 12.2. The Morgan fingerprint density at radius 3 is 3.05 bits per heavy atom. The number of amides is 1. The molecule has 2 fully saturated rings. The van der Waals surface area contributed by atoms with Gasteiger partial charge in [-0.2, -0.15) is 0 Å². The van der Waals surface area contributed by atoms with Crippen LogP contribution in [0.25, 0.3) is 5.52 Å². The van der Waals surface area contributed by atoms with Crippen LogP contribution >= 0.6 is 15.9 Å². The molecule has 2 N–H and O–H groups in total. The van der Waals surface area contributed by atoms with Gasteiger partial charge in [0.15, 0.2) is 5.82 Å². The zero-order valence-electron chi connectivity index (χ0n) is 12.2. The summed E-state index contributed by atoms with van der Waals surface area (Å²) in [4.78, 5) is 23.0. The Kier molecular flexibility index (Phi) is 3.32. The molecular formula is C15H18BrN5O. The second kappa shape index (κ2) is 5.22. The maximum absolute atomic E-state index is 12.2. The molecule has 0 unspecified atom stereocenters. The van der Waals surface area contributed by atoms with Gasteiger partial charge < -0.3 is 10.6 Å². The van der Waals surface area contributed by atoms with E-state index in [-0.39, 0.29) is 5.92 Å². The van der Waals surface area contributed by atoms with Gasteiger partial charge >= 0.3 is 0 Å². The van der Waals surface area contributed by atoms with Crippen molar-refractivity contribution < 1.29 is 4.79 Å². The van der Waals surface area contributed by atoms with Crippen LogP contribution in [0.2, 0.25) is 0 Å². The minimum absolute atomic E-state index is 0.249. The van der Waals surface area contributed by atoms with E-state index in [1.54, 1.807) is 6.20 Å². The number of hydrogen-bond donors (Lipinski definition) is 1. The second-order valence-corrected chi connectivity index (χ2v) is 6.91. The van der Waals surface area contributed by atoms with E-state index in [0.29, 0.717) is 24.2 Å². The molecule has 116 valence electrons. The molecule has 2 aromatic heterocycles. The fourth-order valence-corrected chi connectivity index (χ4v) is 4.38. The van der Waals surface area contributed by atoms with E-state index in [0.717, 1.165) is 48.2 Å². The van der Waals surface area contributed by atoms with Crippen LogP contribution in [0.1, 0.15) is 43.8 Å². The van der Waals surface area contributed by atoms with Crippen LogP contribution in [0, 0.1) is 0 Å². The van der Waals surface area contributed by atoms with Crippen LogP contribution in [0.4, 0.5) is 5.82 Å². The van der Waals surface area contributed by atoms with Crippen molar-refractivity contribution in [2.75, 3.05) is 12.3 Å². The molecular weight excluding hydrogens is 346 g/mol. The average Bonchev–Trinajstić information content (AvgIpc) is 2.86. The Morgan fingerprint density at radius 2 is 2.18 bits per heavy atom. The highest BCUT2D eigenvalue weighted by Gasteiger charge is 2.36. The number of imidazole rings is 1. The van der Waals surface area contributed by atoms with Crippen molar-refractivity contribution in [1.29, 1.82) is 0 Å². The third kappa shape index (κ3) is 2.10. The average molecular weight is 364 g/mol. The summed E-state index contributed by atoms with van der Waals surface area (Å²) in [5, 5.41) is 0. The first-order chi connectivity index (χ1) is 10.6. The van der Waals surface area contributed by atoms with Gasteiger partial charge in [0.1, 0.15) is 15.9 Å². The zero-order valence-corrected chi connectivity index (χ0v) is 13.8. The molecule has 0 saturated carbocycles. The Hall–Kier alpha value is -1.63. The Bertz CT molecular complexity index is 743. The lowest BCUT2D eigenvalue weighted by molar-refractivity contribution is -0.138. The molecule has 2 aliphatic rings. The van der Waals surface area contributed by atoms with E-state index >= 15 is 0 Å². The van der Waals surface area contributed by atoms with E-state index in [1.165, 1.54) is 0 Å². The number of carbonyl (C=O) groups excluding carboxylic acids is 1. The van der Waals surface area contributed by atoms with Gasteiger partial charge in [0.25, 0.3) is 0 Å². The van der Waals surface area contributed by atoms with Crippen LogP contribution in [-0.4, -0.2) is 37.8 Å². The molecule has 4 rings (SSSR count). The summed E-state index contributed by atoms with van der Waals surface area (Å²) < 4.78 is 2.73. The van der Waals surface area contributed by atoms with E-state index in [1.807, 2.05) is 10.6 Å². The first-order valence-electron chi connectivity index (χ1n) is 7.72. The van der Waals surface area contributed by atoms with Crippen molar-refractivity contribution in [3.63, 3.8) is 0 Å². The van der Waals surface area contributed by atoms with Crippen molar-refractivity contribution in [2.24, 2.45) is 0 Å². The number of nitrogens with zero attached hydrogens (tertiary/aromatic N) is 4. The summed E-state index contributed by atoms with van der Waals surface area (Å²) in [6, 6.07) is 0.430. The highest BCUT2D eigenvalue weighted by Crippen LogP contribution is 2.36. The summed E-state index contributed by atoms with van der Waals surface area (Å²) in [7, 11) is 0. The monoisotopic (exact) mass is 363 g/mol. The van der Waals surface area contributed by atoms with E-state index in [4.69, 9.17) is 5.73 Å². The largest absolute Gasteiger partial charge is 0.382 e. The van der Waals surface area contributed by atoms with Gasteiger partial charge in [0, 0.05) is 37.3 Å². The standard InChI is InChI=1S/C15H18BrN5O/c16-13-12-14(17)18-6-7-20(12)15(19-13)9-4-5-10-2-1-3-11(22)21(10)8-9/h6-7,9-10H,1-5,8H2,(H2,17,18)/t9-,10-/m1/s1. The highest BCUT2D eigenvalue weighted by atomic mass is 79.9. The Morgan fingerprint density at radius 1 is 1.32 bits per heavy atom. The molecule has 22 heavy (non-hydrogen) atoms. The van der Waals surface area contributed by atoms with Crippen LogP contribution in [-0.2, 0) is 4.79 Å². The number of piperidine rings is 2. The van der Waals surface area contributed by atoms with Crippen molar-refractivity contribution in [2.45, 2.75) is 44.1 Å². The summed E-state index contributed by atoms with van der Waals surface area (Å²) in [6.45, 7) is 0.761. The first kappa shape index (κ1) is 14.0. The fraction of sp³-hybridized carbons (Fsp3) is 0.533. The first-order valence-corrected chi connectivity index (χ1v) is 8.52. The topological polar surface area (TPSA) is 76.5 Å². The number of carbonyl (C=O) groups is 1. The van der Waals surface area contributed by atoms with E-state index < -0.39 is 0 Å². The third-order valence-electron chi connectivity index (χ3n) is 4.89. The molecule has 0 bridgehead atoms. The summed E-state index contributed by atoms with van der Waals surface area (Å²) in [5.41, 5.74) is 6.77. The Labute approximate surface area is 136 Å². The van der Waals surface area contributed by atoms with Crippen LogP contribution in [0.15, 0.2) is 17.0 Å². The molecule has 0 aliphatic carbocycles. The van der Waals surface area contributed by atoms with Crippen LogP contribution < -0.4 is 5.73 Å². The summed E-state index contributed by atoms with van der Waals surface area (Å²) in [6.07, 6.45) is 8.56. The SMILES string of the molecule is Nc1nccn2c([C@@H]3CC[C@H]4CCCC(=O)N4C3)nc(Br)c12. The second-order valence-electron chi connectivity index (χ2n) is 6.16. The van der Waals surface area contributed by atoms with Crippen molar-refractivity contribution in [3.05, 3.63) is 22.8 Å². The lowest BCUT2D eigenvalue weighted by Crippen LogP contribution is -2.48. The molecule has 2 saturated heterocycles. The summed E-state index contributed by atoms with van der Waals surface area (Å²) in [5.74, 6) is 1.98. The molecule has 0 aromatic carbocycles. The molecule has 0 radical (unpaired) electrons. The zero-order chi connectivity index (χ0) is 15.3. The van der Waals surface area contributed by atoms with E-state index in [9.17, 15) is 4.79 Å². The van der Waals surface area contributed by atoms with Gasteiger partial charge in [-0.3, -0.25) is 9.20 Å². The number of nitrogens with two attached hydrogens (primary N) is 1. The Balaban J connectivity index is 1.71. The molecule has 2 aliphatic heterocycles. The highest BCUT2D eigenvalue weighted by molar-refractivity contribution is 9.10. The predicted octanol–water partition coefficient (Wildman–Crippen LogP) is 2.33. The van der Waals surface area contributed by atoms with Gasteiger partial charge in [-0.25, -0.2) is 9.97 Å². The smallest absolute Gasteiger partial charge is 0.222 e. The van der Waals surface area contributed by atoms with Gasteiger partial charge in [0.2, 0.25) is 5.91 Å². The molecule has 2 atom stereocenters. The molecule has 1 amide bonds. The number of hydrogen-bond acceptors (Lipinski definition) is 4. The van der Waals surface area contributed by atoms with Crippen LogP contribution in [0.5, 0.6) is 0 Å². The maximum Gasteiger partial charge on any atom is 0.222 e. The van der Waals surface area contributed by atoms with E-state index in [2.05, 4.69) is 30.8 Å². The van der Waals surface area contributed by atoms with Crippen molar-refractivity contribution in [1.82, 2.24) is 19.3 Å². The number of fused-ring (bicyclic) bond motifs is 2. The fourth-order valence-electron chi connectivity index (χ4n) is 3.81.